The standard InChI is InChI=1S/C11H11ClF3N3/c12-9-5-8(7-16)6-10(18-9)17-4-2-1-3-11(13,14)15/h5-6H,1-4H2,(H,17,18). The van der Waals surface area contributed by atoms with Crippen LogP contribution in [0.3, 0.4) is 0 Å². The summed E-state index contributed by atoms with van der Waals surface area (Å²) in [4.78, 5) is 3.91. The average Bonchev–Trinajstić information content (AvgIpc) is 2.26. The van der Waals surface area contributed by atoms with E-state index < -0.39 is 12.6 Å². The summed E-state index contributed by atoms with van der Waals surface area (Å²) in [6.45, 7) is 0.355. The molecule has 1 rings (SSSR count). The molecule has 1 aromatic heterocycles. The largest absolute Gasteiger partial charge is 0.389 e. The van der Waals surface area contributed by atoms with Gasteiger partial charge in [-0.1, -0.05) is 11.6 Å². The number of halogens is 4. The van der Waals surface area contributed by atoms with Gasteiger partial charge in [0.15, 0.2) is 0 Å². The molecule has 0 spiro atoms. The highest BCUT2D eigenvalue weighted by atomic mass is 35.5. The van der Waals surface area contributed by atoms with Crippen molar-refractivity contribution in [3.05, 3.63) is 22.8 Å². The lowest BCUT2D eigenvalue weighted by atomic mass is 10.2. The Bertz CT molecular complexity index is 440. The summed E-state index contributed by atoms with van der Waals surface area (Å²) < 4.78 is 35.6. The second kappa shape index (κ2) is 6.45. The van der Waals surface area contributed by atoms with Crippen molar-refractivity contribution in [3.8, 4) is 6.07 Å². The highest BCUT2D eigenvalue weighted by molar-refractivity contribution is 6.29. The number of rotatable bonds is 5. The second-order valence-corrected chi connectivity index (χ2v) is 4.06. The Hall–Kier alpha value is -1.48. The molecule has 1 heterocycles. The normalized spacial score (nSPS) is 11.1. The molecule has 0 amide bonds. The minimum atomic E-state index is -4.11. The van der Waals surface area contributed by atoms with Crippen molar-refractivity contribution in [2.24, 2.45) is 0 Å². The highest BCUT2D eigenvalue weighted by Crippen LogP contribution is 2.22. The van der Waals surface area contributed by atoms with Crippen molar-refractivity contribution < 1.29 is 13.2 Å². The summed E-state index contributed by atoms with van der Waals surface area (Å²) in [5.74, 6) is 0.394. The van der Waals surface area contributed by atoms with Crippen LogP contribution < -0.4 is 5.32 Å². The van der Waals surface area contributed by atoms with E-state index >= 15 is 0 Å². The van der Waals surface area contributed by atoms with Crippen LogP contribution in [0.25, 0.3) is 0 Å². The van der Waals surface area contributed by atoms with E-state index in [-0.39, 0.29) is 11.6 Å². The maximum Gasteiger partial charge on any atom is 0.389 e. The fourth-order valence-corrected chi connectivity index (χ4v) is 1.53. The third kappa shape index (κ3) is 5.73. The number of anilines is 1. The Morgan fingerprint density at radius 2 is 2.06 bits per heavy atom. The highest BCUT2D eigenvalue weighted by Gasteiger charge is 2.25. The molecule has 0 aliphatic rings. The van der Waals surface area contributed by atoms with Crippen LogP contribution in [0.2, 0.25) is 5.15 Å². The molecule has 0 unspecified atom stereocenters. The van der Waals surface area contributed by atoms with E-state index in [0.717, 1.165) is 0 Å². The van der Waals surface area contributed by atoms with Crippen LogP contribution in [0.1, 0.15) is 24.8 Å². The van der Waals surface area contributed by atoms with Crippen molar-refractivity contribution in [1.82, 2.24) is 4.98 Å². The second-order valence-electron chi connectivity index (χ2n) is 3.67. The van der Waals surface area contributed by atoms with Crippen LogP contribution in [0.4, 0.5) is 19.0 Å². The lowest BCUT2D eigenvalue weighted by molar-refractivity contribution is -0.135. The van der Waals surface area contributed by atoms with Crippen molar-refractivity contribution >= 4 is 17.4 Å². The Labute approximate surface area is 108 Å². The average molecular weight is 278 g/mol. The molecule has 0 bridgehead atoms. The Balaban J connectivity index is 2.36. The Morgan fingerprint density at radius 1 is 1.33 bits per heavy atom. The molecular formula is C11H11ClF3N3. The van der Waals surface area contributed by atoms with E-state index in [9.17, 15) is 13.2 Å². The fourth-order valence-electron chi connectivity index (χ4n) is 1.32. The van der Waals surface area contributed by atoms with Gasteiger partial charge in [0, 0.05) is 13.0 Å². The van der Waals surface area contributed by atoms with Crippen LogP contribution in [-0.2, 0) is 0 Å². The first-order valence-corrected chi connectivity index (χ1v) is 5.67. The van der Waals surface area contributed by atoms with Gasteiger partial charge in [0.2, 0.25) is 0 Å². The lowest BCUT2D eigenvalue weighted by Crippen LogP contribution is -2.09. The molecule has 98 valence electrons. The maximum atomic E-state index is 11.9. The fraction of sp³-hybridized carbons (Fsp3) is 0.455. The third-order valence-corrected chi connectivity index (χ3v) is 2.31. The van der Waals surface area contributed by atoms with Crippen molar-refractivity contribution in [1.29, 1.82) is 5.26 Å². The molecular weight excluding hydrogens is 267 g/mol. The van der Waals surface area contributed by atoms with Gasteiger partial charge in [-0.05, 0) is 25.0 Å². The number of pyridine rings is 1. The van der Waals surface area contributed by atoms with Crippen molar-refractivity contribution in [2.75, 3.05) is 11.9 Å². The summed E-state index contributed by atoms with van der Waals surface area (Å²) in [6.07, 6.45) is -4.47. The number of nitrogens with zero attached hydrogens (tertiary/aromatic N) is 2. The molecule has 0 aromatic carbocycles. The van der Waals surface area contributed by atoms with Crippen LogP contribution in [0.15, 0.2) is 12.1 Å². The van der Waals surface area contributed by atoms with Gasteiger partial charge in [0.05, 0.1) is 11.6 Å². The predicted octanol–water partition coefficient (Wildman–Crippen LogP) is 3.75. The van der Waals surface area contributed by atoms with Crippen LogP contribution >= 0.6 is 11.6 Å². The Morgan fingerprint density at radius 3 is 2.67 bits per heavy atom. The Kier molecular flexibility index (Phi) is 5.23. The van der Waals surface area contributed by atoms with E-state index in [1.54, 1.807) is 0 Å². The zero-order valence-corrected chi connectivity index (χ0v) is 10.1. The summed E-state index contributed by atoms with van der Waals surface area (Å²) in [5.41, 5.74) is 0.354. The van der Waals surface area contributed by atoms with Gasteiger partial charge >= 0.3 is 6.18 Å². The van der Waals surface area contributed by atoms with Crippen molar-refractivity contribution in [3.63, 3.8) is 0 Å². The summed E-state index contributed by atoms with van der Waals surface area (Å²) in [7, 11) is 0. The smallest absolute Gasteiger partial charge is 0.370 e. The lowest BCUT2D eigenvalue weighted by Gasteiger charge is -2.07. The number of unbranched alkanes of at least 4 members (excludes halogenated alkanes) is 1. The maximum absolute atomic E-state index is 11.9. The van der Waals surface area contributed by atoms with E-state index in [1.165, 1.54) is 12.1 Å². The monoisotopic (exact) mass is 277 g/mol. The molecule has 0 atom stereocenters. The summed E-state index contributed by atoms with van der Waals surface area (Å²) in [6, 6.07) is 4.83. The van der Waals surface area contributed by atoms with Gasteiger partial charge in [-0.2, -0.15) is 18.4 Å². The molecule has 0 saturated heterocycles. The van der Waals surface area contributed by atoms with E-state index in [0.29, 0.717) is 24.3 Å². The molecule has 1 aromatic rings. The molecule has 1 N–H and O–H groups in total. The van der Waals surface area contributed by atoms with Gasteiger partial charge in [-0.15, -0.1) is 0 Å². The molecule has 3 nitrogen and oxygen atoms in total. The molecule has 18 heavy (non-hydrogen) atoms. The zero-order valence-electron chi connectivity index (χ0n) is 9.39. The molecule has 0 aliphatic carbocycles. The van der Waals surface area contributed by atoms with Crippen LogP contribution in [0, 0.1) is 11.3 Å². The number of nitrogens with one attached hydrogen (secondary N) is 1. The third-order valence-electron chi connectivity index (χ3n) is 2.12. The first-order valence-electron chi connectivity index (χ1n) is 5.29. The predicted molar refractivity (Wildman–Crippen MR) is 62.4 cm³/mol. The number of alkyl halides is 3. The van der Waals surface area contributed by atoms with Gasteiger partial charge < -0.3 is 5.32 Å². The van der Waals surface area contributed by atoms with Crippen LogP contribution in [-0.4, -0.2) is 17.7 Å². The summed E-state index contributed by atoms with van der Waals surface area (Å²) in [5, 5.41) is 11.7. The number of nitriles is 1. The SMILES string of the molecule is N#Cc1cc(Cl)nc(NCCCCC(F)(F)F)c1. The molecule has 0 radical (unpaired) electrons. The zero-order chi connectivity index (χ0) is 13.6. The first kappa shape index (κ1) is 14.6. The van der Waals surface area contributed by atoms with Gasteiger partial charge in [0.1, 0.15) is 11.0 Å². The first-order chi connectivity index (χ1) is 8.40. The van der Waals surface area contributed by atoms with E-state index in [4.69, 9.17) is 16.9 Å². The van der Waals surface area contributed by atoms with Gasteiger partial charge in [0.25, 0.3) is 0 Å². The van der Waals surface area contributed by atoms with Gasteiger partial charge in [-0.25, -0.2) is 4.98 Å². The topological polar surface area (TPSA) is 48.7 Å². The molecule has 0 aliphatic heterocycles. The quantitative estimate of drug-likeness (QED) is 0.659. The molecule has 0 fully saturated rings. The molecule has 7 heteroatoms. The molecule has 0 saturated carbocycles. The van der Waals surface area contributed by atoms with E-state index in [1.807, 2.05) is 6.07 Å². The number of aromatic nitrogens is 1. The minimum absolute atomic E-state index is 0.0577. The summed E-state index contributed by atoms with van der Waals surface area (Å²) >= 11 is 5.68. The number of hydrogen-bond donors (Lipinski definition) is 1. The van der Waals surface area contributed by atoms with Crippen molar-refractivity contribution in [2.45, 2.75) is 25.4 Å². The van der Waals surface area contributed by atoms with Crippen LogP contribution in [0.5, 0.6) is 0 Å². The van der Waals surface area contributed by atoms with Gasteiger partial charge in [-0.3, -0.25) is 0 Å². The number of hydrogen-bond acceptors (Lipinski definition) is 3. The van der Waals surface area contributed by atoms with E-state index in [2.05, 4.69) is 10.3 Å². The minimum Gasteiger partial charge on any atom is -0.370 e.